The van der Waals surface area contributed by atoms with Gasteiger partial charge in [-0.1, -0.05) is 48.0 Å². The van der Waals surface area contributed by atoms with Crippen molar-refractivity contribution in [3.63, 3.8) is 0 Å². The second-order valence-corrected chi connectivity index (χ2v) is 7.80. The Kier molecular flexibility index (Phi) is 6.60. The molecule has 4 rings (SSSR count). The van der Waals surface area contributed by atoms with Gasteiger partial charge < -0.3 is 10.2 Å². The molecule has 0 saturated carbocycles. The SMILES string of the molecule is O=C(CN1CCN(C(=O)/C=C/c2ccc3ccccc3n2)CC1)Nc1ccccc1Cl. The predicted octanol–water partition coefficient (Wildman–Crippen LogP) is 3.68. The molecule has 0 spiro atoms. The minimum Gasteiger partial charge on any atom is -0.337 e. The summed E-state index contributed by atoms with van der Waals surface area (Å²) in [6.45, 7) is 2.71. The molecule has 1 saturated heterocycles. The molecule has 3 aromatic rings. The number of nitrogens with zero attached hydrogens (tertiary/aromatic N) is 3. The van der Waals surface area contributed by atoms with E-state index in [2.05, 4.69) is 10.3 Å². The number of aromatic nitrogens is 1. The van der Waals surface area contributed by atoms with Gasteiger partial charge in [-0.15, -0.1) is 0 Å². The molecule has 1 fully saturated rings. The van der Waals surface area contributed by atoms with Crippen LogP contribution in [0.25, 0.3) is 17.0 Å². The number of carbonyl (C=O) groups excluding carboxylic acids is 2. The van der Waals surface area contributed by atoms with Crippen molar-refractivity contribution in [1.82, 2.24) is 14.8 Å². The van der Waals surface area contributed by atoms with E-state index in [1.165, 1.54) is 0 Å². The average molecular weight is 435 g/mol. The van der Waals surface area contributed by atoms with Crippen molar-refractivity contribution < 1.29 is 9.59 Å². The van der Waals surface area contributed by atoms with Crippen molar-refractivity contribution in [3.8, 4) is 0 Å². The minimum atomic E-state index is -0.116. The minimum absolute atomic E-state index is 0.0462. The summed E-state index contributed by atoms with van der Waals surface area (Å²) >= 11 is 6.08. The fourth-order valence-corrected chi connectivity index (χ4v) is 3.70. The fourth-order valence-electron chi connectivity index (χ4n) is 3.52. The lowest BCUT2D eigenvalue weighted by molar-refractivity contribution is -0.127. The maximum absolute atomic E-state index is 12.5. The highest BCUT2D eigenvalue weighted by Gasteiger charge is 2.21. The van der Waals surface area contributed by atoms with Crippen molar-refractivity contribution in [1.29, 1.82) is 0 Å². The van der Waals surface area contributed by atoms with Crippen LogP contribution in [0.2, 0.25) is 5.02 Å². The Balaban J connectivity index is 1.27. The lowest BCUT2D eigenvalue weighted by Gasteiger charge is -2.33. The van der Waals surface area contributed by atoms with E-state index in [-0.39, 0.29) is 18.4 Å². The Labute approximate surface area is 186 Å². The zero-order chi connectivity index (χ0) is 21.6. The van der Waals surface area contributed by atoms with E-state index in [1.807, 2.05) is 53.4 Å². The zero-order valence-corrected chi connectivity index (χ0v) is 17.8. The van der Waals surface area contributed by atoms with Crippen LogP contribution in [-0.2, 0) is 9.59 Å². The Morgan fingerprint density at radius 1 is 0.968 bits per heavy atom. The average Bonchev–Trinajstić information content (AvgIpc) is 2.79. The number of fused-ring (bicyclic) bond motifs is 1. The van der Waals surface area contributed by atoms with Crippen LogP contribution in [-0.4, -0.2) is 59.3 Å². The molecular weight excluding hydrogens is 412 g/mol. The third-order valence-electron chi connectivity index (χ3n) is 5.22. The first-order valence-corrected chi connectivity index (χ1v) is 10.6. The van der Waals surface area contributed by atoms with Crippen LogP contribution in [0, 0.1) is 0 Å². The summed E-state index contributed by atoms with van der Waals surface area (Å²) in [4.78, 5) is 33.2. The van der Waals surface area contributed by atoms with Crippen molar-refractivity contribution in [2.75, 3.05) is 38.0 Å². The molecule has 2 aromatic carbocycles. The molecule has 1 aromatic heterocycles. The number of amides is 2. The van der Waals surface area contributed by atoms with Crippen molar-refractivity contribution >= 4 is 46.1 Å². The molecule has 1 aliphatic heterocycles. The van der Waals surface area contributed by atoms with Gasteiger partial charge in [-0.3, -0.25) is 14.5 Å². The number of halogens is 1. The van der Waals surface area contributed by atoms with Gasteiger partial charge in [0.15, 0.2) is 0 Å². The second-order valence-electron chi connectivity index (χ2n) is 7.39. The van der Waals surface area contributed by atoms with Crippen molar-refractivity contribution in [2.24, 2.45) is 0 Å². The van der Waals surface area contributed by atoms with E-state index in [1.54, 1.807) is 29.2 Å². The lowest BCUT2D eigenvalue weighted by atomic mass is 10.2. The number of piperazine rings is 1. The number of benzene rings is 2. The van der Waals surface area contributed by atoms with Crippen LogP contribution in [0.3, 0.4) is 0 Å². The van der Waals surface area contributed by atoms with Gasteiger partial charge >= 0.3 is 0 Å². The van der Waals surface area contributed by atoms with Gasteiger partial charge in [-0.2, -0.15) is 0 Å². The standard InChI is InChI=1S/C24H23ClN4O2/c25-20-6-2-4-8-22(20)27-23(30)17-28-13-15-29(16-14-28)24(31)12-11-19-10-9-18-5-1-3-7-21(18)26-19/h1-12H,13-17H2,(H,27,30)/b12-11+. The molecule has 158 valence electrons. The number of anilines is 1. The van der Waals surface area contributed by atoms with E-state index in [9.17, 15) is 9.59 Å². The van der Waals surface area contributed by atoms with E-state index in [0.29, 0.717) is 36.9 Å². The second kappa shape index (κ2) is 9.73. The number of pyridine rings is 1. The van der Waals surface area contributed by atoms with Crippen LogP contribution in [0.15, 0.2) is 66.7 Å². The molecule has 1 N–H and O–H groups in total. The topological polar surface area (TPSA) is 65.5 Å². The molecule has 0 bridgehead atoms. The highest BCUT2D eigenvalue weighted by atomic mass is 35.5. The van der Waals surface area contributed by atoms with E-state index >= 15 is 0 Å². The zero-order valence-electron chi connectivity index (χ0n) is 17.0. The molecule has 1 aliphatic rings. The van der Waals surface area contributed by atoms with Gasteiger partial charge in [0.25, 0.3) is 0 Å². The summed E-state index contributed by atoms with van der Waals surface area (Å²) in [7, 11) is 0. The van der Waals surface area contributed by atoms with Gasteiger partial charge in [0.2, 0.25) is 11.8 Å². The van der Waals surface area contributed by atoms with Gasteiger partial charge in [0.1, 0.15) is 0 Å². The van der Waals surface area contributed by atoms with Crippen LogP contribution in [0.4, 0.5) is 5.69 Å². The predicted molar refractivity (Wildman–Crippen MR) is 124 cm³/mol. The van der Waals surface area contributed by atoms with Crippen molar-refractivity contribution in [3.05, 3.63) is 77.5 Å². The number of hydrogen-bond donors (Lipinski definition) is 1. The summed E-state index contributed by atoms with van der Waals surface area (Å²) in [6, 6.07) is 18.9. The Hall–Kier alpha value is -3.22. The number of hydrogen-bond acceptors (Lipinski definition) is 4. The molecule has 2 heterocycles. The van der Waals surface area contributed by atoms with Gasteiger partial charge in [-0.25, -0.2) is 4.98 Å². The molecule has 0 aliphatic carbocycles. The highest BCUT2D eigenvalue weighted by molar-refractivity contribution is 6.33. The molecule has 31 heavy (non-hydrogen) atoms. The molecule has 0 atom stereocenters. The van der Waals surface area contributed by atoms with Crippen LogP contribution in [0.5, 0.6) is 0 Å². The maximum Gasteiger partial charge on any atom is 0.246 e. The summed E-state index contributed by atoms with van der Waals surface area (Å²) in [5.41, 5.74) is 2.26. The number of nitrogens with one attached hydrogen (secondary N) is 1. The van der Waals surface area contributed by atoms with Crippen LogP contribution in [0.1, 0.15) is 5.69 Å². The quantitative estimate of drug-likeness (QED) is 0.622. The van der Waals surface area contributed by atoms with Gasteiger partial charge in [0.05, 0.1) is 28.5 Å². The Bertz CT molecular complexity index is 1120. The van der Waals surface area contributed by atoms with Gasteiger partial charge in [-0.05, 0) is 30.3 Å². The molecule has 7 heteroatoms. The molecule has 0 unspecified atom stereocenters. The normalized spacial score (nSPS) is 14.8. The summed E-state index contributed by atoms with van der Waals surface area (Å²) in [6.07, 6.45) is 3.31. The Morgan fingerprint density at radius 3 is 2.52 bits per heavy atom. The van der Waals surface area contributed by atoms with Gasteiger partial charge in [0, 0.05) is 37.6 Å². The third kappa shape index (κ3) is 5.48. The maximum atomic E-state index is 12.5. The van der Waals surface area contributed by atoms with Crippen LogP contribution < -0.4 is 5.32 Å². The summed E-state index contributed by atoms with van der Waals surface area (Å²) < 4.78 is 0. The monoisotopic (exact) mass is 434 g/mol. The molecular formula is C24H23ClN4O2. The molecule has 0 radical (unpaired) electrons. The molecule has 2 amide bonds. The number of carbonyl (C=O) groups is 2. The summed E-state index contributed by atoms with van der Waals surface area (Å²) in [5, 5.41) is 4.41. The fraction of sp³-hybridized carbons (Fsp3) is 0.208. The van der Waals surface area contributed by atoms with Crippen LogP contribution >= 0.6 is 11.6 Å². The third-order valence-corrected chi connectivity index (χ3v) is 5.55. The lowest BCUT2D eigenvalue weighted by Crippen LogP contribution is -2.50. The van der Waals surface area contributed by atoms with E-state index in [0.717, 1.165) is 16.6 Å². The first kappa shape index (κ1) is 21.0. The smallest absolute Gasteiger partial charge is 0.246 e. The van der Waals surface area contributed by atoms with E-state index < -0.39 is 0 Å². The number of para-hydroxylation sites is 2. The van der Waals surface area contributed by atoms with E-state index in [4.69, 9.17) is 11.6 Å². The summed E-state index contributed by atoms with van der Waals surface area (Å²) in [5.74, 6) is -0.162. The number of rotatable bonds is 5. The van der Waals surface area contributed by atoms with Crippen molar-refractivity contribution in [2.45, 2.75) is 0 Å². The molecule has 6 nitrogen and oxygen atoms in total. The largest absolute Gasteiger partial charge is 0.337 e. The first-order chi connectivity index (χ1) is 15.1. The first-order valence-electron chi connectivity index (χ1n) is 10.2. The Morgan fingerprint density at radius 2 is 1.71 bits per heavy atom. The highest BCUT2D eigenvalue weighted by Crippen LogP contribution is 2.20.